The van der Waals surface area contributed by atoms with Gasteiger partial charge in [-0.05, 0) is 13.8 Å². The van der Waals surface area contributed by atoms with Crippen LogP contribution in [-0.2, 0) is 27.6 Å². The average molecular weight is 599 g/mol. The van der Waals surface area contributed by atoms with E-state index in [1.807, 2.05) is 6.07 Å². The first-order valence-corrected chi connectivity index (χ1v) is 14.1. The van der Waals surface area contributed by atoms with Crippen LogP contribution in [0.1, 0.15) is 42.8 Å². The number of aryl methyl sites for hydroxylation is 2. The van der Waals surface area contributed by atoms with Gasteiger partial charge in [0.15, 0.2) is 0 Å². The van der Waals surface area contributed by atoms with Crippen LogP contribution >= 0.6 is 7.82 Å². The lowest BCUT2D eigenvalue weighted by Crippen LogP contribution is -2.33. The summed E-state index contributed by atoms with van der Waals surface area (Å²) in [6.07, 6.45) is -4.08. The molecule has 2 aliphatic rings. The smallest absolute Gasteiger partial charge is 0.394 e. The third kappa shape index (κ3) is 7.00. The molecular weight excluding hydrogens is 569 g/mol. The number of phosphoric acid groups is 1. The summed E-state index contributed by atoms with van der Waals surface area (Å²) in [6.45, 7) is 1.55. The highest BCUT2D eigenvalue weighted by Crippen LogP contribution is 2.53. The molecule has 2 fully saturated rings. The van der Waals surface area contributed by atoms with Crippen LogP contribution in [0.25, 0.3) is 0 Å². The maximum atomic E-state index is 13.6. The zero-order valence-corrected chi connectivity index (χ0v) is 23.0. The zero-order chi connectivity index (χ0) is 29.9. The van der Waals surface area contributed by atoms with Crippen LogP contribution < -0.4 is 22.5 Å². The molecule has 4 N–H and O–H groups in total. The number of nitrogens with one attached hydrogen (secondary N) is 2. The maximum absolute atomic E-state index is 13.6. The Hall–Kier alpha value is -3.20. The fourth-order valence-electron chi connectivity index (χ4n) is 4.41. The zero-order valence-electron chi connectivity index (χ0n) is 22.1. The van der Waals surface area contributed by atoms with Gasteiger partial charge in [0.2, 0.25) is 0 Å². The van der Waals surface area contributed by atoms with Gasteiger partial charge in [0.25, 0.3) is 11.1 Å². The van der Waals surface area contributed by atoms with Crippen LogP contribution in [0.2, 0.25) is 0 Å². The minimum Gasteiger partial charge on any atom is -0.394 e. The summed E-state index contributed by atoms with van der Waals surface area (Å²) in [4.78, 5) is 52.3. The van der Waals surface area contributed by atoms with Crippen LogP contribution in [-0.4, -0.2) is 73.6 Å². The van der Waals surface area contributed by atoms with Crippen LogP contribution in [0.3, 0.4) is 0 Å². The molecule has 2 saturated heterocycles. The van der Waals surface area contributed by atoms with E-state index >= 15 is 0 Å². The Morgan fingerprint density at radius 1 is 1.00 bits per heavy atom. The molecule has 0 amide bonds. The molecule has 4 heterocycles. The summed E-state index contributed by atoms with van der Waals surface area (Å²) in [5.41, 5.74) is -2.14. The first kappa shape index (κ1) is 30.8. The molecule has 18 heteroatoms. The van der Waals surface area contributed by atoms with Crippen molar-refractivity contribution < 1.29 is 37.8 Å². The highest BCUT2D eigenvalue weighted by Gasteiger charge is 2.44. The molecule has 2 aliphatic heterocycles. The molecule has 4 rings (SSSR count). The van der Waals surface area contributed by atoms with Crippen LogP contribution in [0.5, 0.6) is 0 Å². The molecule has 0 saturated carbocycles. The van der Waals surface area contributed by atoms with Crippen molar-refractivity contribution in [3.63, 3.8) is 0 Å². The molecule has 0 aliphatic carbocycles. The van der Waals surface area contributed by atoms with E-state index < -0.39 is 80.4 Å². The van der Waals surface area contributed by atoms with Crippen molar-refractivity contribution in [1.82, 2.24) is 19.1 Å². The number of aromatic nitrogens is 4. The van der Waals surface area contributed by atoms with Crippen molar-refractivity contribution in [2.24, 2.45) is 0 Å². The van der Waals surface area contributed by atoms with Crippen LogP contribution in [0.4, 0.5) is 0 Å². The molecule has 0 bridgehead atoms. The Kier molecular flexibility index (Phi) is 9.57. The van der Waals surface area contributed by atoms with E-state index in [2.05, 4.69) is 9.97 Å². The summed E-state index contributed by atoms with van der Waals surface area (Å²) in [6, 6.07) is 1.83. The molecule has 2 aromatic heterocycles. The van der Waals surface area contributed by atoms with Crippen molar-refractivity contribution in [3.8, 4) is 6.07 Å². The minimum absolute atomic E-state index is 0.0437. The number of rotatable bonds is 11. The van der Waals surface area contributed by atoms with Crippen molar-refractivity contribution >= 4 is 7.82 Å². The third-order valence-corrected chi connectivity index (χ3v) is 8.09. The minimum atomic E-state index is -4.49. The van der Waals surface area contributed by atoms with Gasteiger partial charge in [0.1, 0.15) is 30.8 Å². The van der Waals surface area contributed by atoms with Crippen molar-refractivity contribution in [2.75, 3.05) is 19.8 Å². The first-order chi connectivity index (χ1) is 19.4. The summed E-state index contributed by atoms with van der Waals surface area (Å²) in [5, 5.41) is 29.2. The molecule has 1 unspecified atom stereocenters. The first-order valence-electron chi connectivity index (χ1n) is 12.6. The molecule has 7 atom stereocenters. The summed E-state index contributed by atoms with van der Waals surface area (Å²) < 4.78 is 43.6. The molecule has 0 aromatic carbocycles. The highest BCUT2D eigenvalue weighted by atomic mass is 31.2. The van der Waals surface area contributed by atoms with Gasteiger partial charge in [-0.15, -0.1) is 0 Å². The summed E-state index contributed by atoms with van der Waals surface area (Å²) in [7, 11) is -4.49. The number of aliphatic hydroxyl groups excluding tert-OH is 2. The topological polar surface area (TPSA) is 237 Å². The van der Waals surface area contributed by atoms with Gasteiger partial charge >= 0.3 is 19.2 Å². The standard InChI is InChI=1S/C23H30N5O12P/c1-12-8-27(22(33)25-20(12)31)18-6-14(30)17(39-18)11-37-41(35,36-5-3-4-24)40-15-7-19(38-16(15)10-29)28-9-13(2)21(32)26-23(28)34/h8-9,14-19,29-30H,3,5-7,10-11H2,1-2H3,(H,25,31,33)(H,26,32,34)/t14-,15-,16+,17+,18+,19+,41?/m0/s1. The summed E-state index contributed by atoms with van der Waals surface area (Å²) >= 11 is 0. The van der Waals surface area contributed by atoms with Gasteiger partial charge < -0.3 is 19.7 Å². The normalized spacial score (nSPS) is 27.5. The maximum Gasteiger partial charge on any atom is 0.475 e. The van der Waals surface area contributed by atoms with Crippen LogP contribution in [0.15, 0.2) is 31.6 Å². The summed E-state index contributed by atoms with van der Waals surface area (Å²) in [5.74, 6) is 0. The molecule has 0 spiro atoms. The second-order valence-electron chi connectivity index (χ2n) is 9.57. The Balaban J connectivity index is 1.48. The molecule has 17 nitrogen and oxygen atoms in total. The molecule has 0 radical (unpaired) electrons. The lowest BCUT2D eigenvalue weighted by atomic mass is 10.2. The number of aromatic amines is 2. The number of ether oxygens (including phenoxy) is 2. The second-order valence-corrected chi connectivity index (χ2v) is 11.2. The number of phosphoric ester groups is 1. The number of hydrogen-bond donors (Lipinski definition) is 4. The molecular formula is C23H30N5O12P. The lowest BCUT2D eigenvalue weighted by Gasteiger charge is -2.25. The van der Waals surface area contributed by atoms with Gasteiger partial charge in [-0.3, -0.25) is 42.3 Å². The SMILES string of the molecule is Cc1cn([C@H]2C[C@H](OP(=O)(OCCC#N)OC[C@H]3O[C@@H](n4cc(C)c(=O)[nH]c4=O)C[C@@H]3O)[C@@H](CO)O2)c(=O)[nH]c1=O. The average Bonchev–Trinajstić information content (AvgIpc) is 3.49. The van der Waals surface area contributed by atoms with E-state index in [4.69, 9.17) is 28.3 Å². The number of H-pyrrole nitrogens is 2. The monoisotopic (exact) mass is 599 g/mol. The number of hydrogen-bond acceptors (Lipinski definition) is 13. The van der Waals surface area contributed by atoms with E-state index in [-0.39, 0.29) is 37.0 Å². The van der Waals surface area contributed by atoms with Crippen molar-refractivity contribution in [2.45, 2.75) is 70.0 Å². The number of aliphatic hydroxyl groups is 2. The molecule has 41 heavy (non-hydrogen) atoms. The largest absolute Gasteiger partial charge is 0.475 e. The Morgan fingerprint density at radius 3 is 2.12 bits per heavy atom. The number of nitriles is 1. The van der Waals surface area contributed by atoms with Gasteiger partial charge in [-0.25, -0.2) is 14.2 Å². The van der Waals surface area contributed by atoms with E-state index in [0.29, 0.717) is 0 Å². The van der Waals surface area contributed by atoms with E-state index in [1.165, 1.54) is 26.2 Å². The predicted octanol–water partition coefficient (Wildman–Crippen LogP) is -0.928. The third-order valence-electron chi connectivity index (χ3n) is 6.60. The van der Waals surface area contributed by atoms with Gasteiger partial charge in [-0.2, -0.15) is 5.26 Å². The second kappa shape index (κ2) is 12.8. The number of nitrogens with zero attached hydrogens (tertiary/aromatic N) is 3. The quantitative estimate of drug-likeness (QED) is 0.181. The molecule has 2 aromatic rings. The predicted molar refractivity (Wildman–Crippen MR) is 137 cm³/mol. The Bertz CT molecular complexity index is 1570. The Morgan fingerprint density at radius 2 is 1.56 bits per heavy atom. The van der Waals surface area contributed by atoms with E-state index in [9.17, 15) is 34.0 Å². The fraction of sp³-hybridized carbons (Fsp3) is 0.609. The van der Waals surface area contributed by atoms with Crippen molar-refractivity contribution in [3.05, 3.63) is 65.2 Å². The van der Waals surface area contributed by atoms with E-state index in [0.717, 1.165) is 9.13 Å². The Labute approximate surface area is 231 Å². The lowest BCUT2D eigenvalue weighted by molar-refractivity contribution is -0.0600. The van der Waals surface area contributed by atoms with Gasteiger partial charge in [0.05, 0.1) is 38.4 Å². The van der Waals surface area contributed by atoms with Crippen molar-refractivity contribution in [1.29, 1.82) is 5.26 Å². The van der Waals surface area contributed by atoms with Gasteiger partial charge in [0, 0.05) is 36.4 Å². The van der Waals surface area contributed by atoms with Crippen LogP contribution in [0, 0.1) is 25.2 Å². The molecule has 224 valence electrons. The fourth-order valence-corrected chi connectivity index (χ4v) is 5.81. The van der Waals surface area contributed by atoms with E-state index in [1.54, 1.807) is 0 Å². The highest BCUT2D eigenvalue weighted by molar-refractivity contribution is 7.48. The van der Waals surface area contributed by atoms with Gasteiger partial charge in [-0.1, -0.05) is 0 Å².